The first-order valence-corrected chi connectivity index (χ1v) is 7.80. The van der Waals surface area contributed by atoms with Gasteiger partial charge in [0.25, 0.3) is 0 Å². The Morgan fingerprint density at radius 2 is 2.14 bits per heavy atom. The topological polar surface area (TPSA) is 66.6 Å². The van der Waals surface area contributed by atoms with Crippen LogP contribution in [0.4, 0.5) is 0 Å². The number of piperidine rings is 1. The number of rotatable bonds is 6. The van der Waals surface area contributed by atoms with Crippen LogP contribution in [0.5, 0.6) is 0 Å². The van der Waals surface area contributed by atoms with Crippen molar-refractivity contribution in [2.24, 2.45) is 11.7 Å². The van der Waals surface area contributed by atoms with Crippen molar-refractivity contribution in [2.45, 2.75) is 38.7 Å². The summed E-state index contributed by atoms with van der Waals surface area (Å²) in [6.07, 6.45) is 3.18. The number of amides is 1. The van der Waals surface area contributed by atoms with E-state index in [4.69, 9.17) is 5.73 Å². The lowest BCUT2D eigenvalue weighted by molar-refractivity contribution is -0.118. The number of benzene rings is 1. The number of carbonyl (C=O) groups is 1. The molecule has 1 aliphatic heterocycles. The predicted molar refractivity (Wildman–Crippen MR) is 83.7 cm³/mol. The molecular formula is C17H26N2O2. The number of β-amino-alcohol motifs (C(OH)–C–C–N with tert-alkyl or cyclic N) is 1. The van der Waals surface area contributed by atoms with Crippen LogP contribution in [0, 0.1) is 12.8 Å². The molecule has 116 valence electrons. The Bertz CT molecular complexity index is 458. The molecule has 1 amide bonds. The van der Waals surface area contributed by atoms with Crippen molar-refractivity contribution in [3.8, 4) is 0 Å². The van der Waals surface area contributed by atoms with Crippen LogP contribution in [0.2, 0.25) is 0 Å². The number of aliphatic hydroxyl groups excluding tert-OH is 1. The molecule has 1 aromatic carbocycles. The molecule has 4 nitrogen and oxygen atoms in total. The second kappa shape index (κ2) is 7.57. The minimum absolute atomic E-state index is 0.216. The first-order valence-electron chi connectivity index (χ1n) is 7.80. The van der Waals surface area contributed by atoms with Crippen molar-refractivity contribution in [3.05, 3.63) is 35.4 Å². The highest BCUT2D eigenvalue weighted by atomic mass is 16.3. The largest absolute Gasteiger partial charge is 0.387 e. The Labute approximate surface area is 126 Å². The average Bonchev–Trinajstić information content (AvgIpc) is 2.46. The van der Waals surface area contributed by atoms with Gasteiger partial charge in [0.15, 0.2) is 0 Å². The van der Waals surface area contributed by atoms with Crippen LogP contribution in [0.1, 0.15) is 42.9 Å². The number of carbonyl (C=O) groups excluding carboxylic acids is 1. The molecular weight excluding hydrogens is 264 g/mol. The maximum absolute atomic E-state index is 10.9. The average molecular weight is 290 g/mol. The van der Waals surface area contributed by atoms with Crippen LogP contribution in [0.3, 0.4) is 0 Å². The molecule has 0 radical (unpaired) electrons. The molecule has 2 rings (SSSR count). The molecule has 0 spiro atoms. The summed E-state index contributed by atoms with van der Waals surface area (Å²) >= 11 is 0. The van der Waals surface area contributed by atoms with Crippen LogP contribution in [-0.4, -0.2) is 35.5 Å². The molecule has 1 saturated heterocycles. The number of hydrogen-bond acceptors (Lipinski definition) is 3. The molecule has 2 atom stereocenters. The number of likely N-dealkylation sites (tertiary alicyclic amines) is 1. The molecule has 0 aromatic heterocycles. The van der Waals surface area contributed by atoms with Gasteiger partial charge >= 0.3 is 0 Å². The lowest BCUT2D eigenvalue weighted by atomic mass is 9.93. The van der Waals surface area contributed by atoms with Gasteiger partial charge in [-0.15, -0.1) is 0 Å². The Balaban J connectivity index is 1.84. The first-order chi connectivity index (χ1) is 10.0. The lowest BCUT2D eigenvalue weighted by Gasteiger charge is -2.34. The van der Waals surface area contributed by atoms with E-state index in [0.717, 1.165) is 37.9 Å². The quantitative estimate of drug-likeness (QED) is 0.842. The van der Waals surface area contributed by atoms with Gasteiger partial charge in [0.1, 0.15) is 0 Å². The molecule has 4 heteroatoms. The summed E-state index contributed by atoms with van der Waals surface area (Å²) in [6, 6.07) is 8.05. The van der Waals surface area contributed by atoms with Crippen LogP contribution in [0.15, 0.2) is 24.3 Å². The molecule has 2 unspecified atom stereocenters. The minimum Gasteiger partial charge on any atom is -0.387 e. The van der Waals surface area contributed by atoms with Crippen molar-refractivity contribution in [1.82, 2.24) is 4.90 Å². The fourth-order valence-electron chi connectivity index (χ4n) is 3.04. The zero-order valence-corrected chi connectivity index (χ0v) is 12.8. The van der Waals surface area contributed by atoms with E-state index in [2.05, 4.69) is 4.90 Å². The molecule has 21 heavy (non-hydrogen) atoms. The Morgan fingerprint density at radius 3 is 2.81 bits per heavy atom. The van der Waals surface area contributed by atoms with Crippen molar-refractivity contribution in [2.75, 3.05) is 19.6 Å². The van der Waals surface area contributed by atoms with Gasteiger partial charge in [0, 0.05) is 19.5 Å². The summed E-state index contributed by atoms with van der Waals surface area (Å²) in [6.45, 7) is 4.69. The highest BCUT2D eigenvalue weighted by Crippen LogP contribution is 2.23. The number of primary amides is 1. The lowest BCUT2D eigenvalue weighted by Crippen LogP contribution is -2.38. The second-order valence-corrected chi connectivity index (χ2v) is 6.20. The van der Waals surface area contributed by atoms with Gasteiger partial charge in [-0.25, -0.2) is 0 Å². The third kappa shape index (κ3) is 5.14. The van der Waals surface area contributed by atoms with Gasteiger partial charge in [-0.3, -0.25) is 4.79 Å². The van der Waals surface area contributed by atoms with Crippen molar-refractivity contribution < 1.29 is 9.90 Å². The number of aliphatic hydroxyl groups is 1. The molecule has 0 aliphatic carbocycles. The fraction of sp³-hybridized carbons (Fsp3) is 0.588. The predicted octanol–water partition coefficient (Wildman–Crippen LogP) is 2.01. The van der Waals surface area contributed by atoms with Crippen molar-refractivity contribution in [1.29, 1.82) is 0 Å². The Morgan fingerprint density at radius 1 is 1.43 bits per heavy atom. The van der Waals surface area contributed by atoms with Gasteiger partial charge in [0.2, 0.25) is 5.91 Å². The standard InChI is InChI=1S/C17H26N2O2/c1-13-4-7-15(8-5-13)16(20)12-19-10-2-3-14(11-19)6-9-17(18)21/h4-5,7-8,14,16,20H,2-3,6,9-12H2,1H3,(H2,18,21). The monoisotopic (exact) mass is 290 g/mol. The van der Waals surface area contributed by atoms with Gasteiger partial charge in [-0.1, -0.05) is 29.8 Å². The third-order valence-corrected chi connectivity index (χ3v) is 4.30. The molecule has 1 aliphatic rings. The van der Waals surface area contributed by atoms with E-state index in [1.165, 1.54) is 5.56 Å². The summed E-state index contributed by atoms with van der Waals surface area (Å²) in [4.78, 5) is 13.2. The van der Waals surface area contributed by atoms with Crippen LogP contribution >= 0.6 is 0 Å². The summed E-state index contributed by atoms with van der Waals surface area (Å²) in [5, 5.41) is 10.4. The van der Waals surface area contributed by atoms with Crippen molar-refractivity contribution >= 4 is 5.91 Å². The Hall–Kier alpha value is -1.39. The molecule has 1 fully saturated rings. The highest BCUT2D eigenvalue weighted by molar-refractivity contribution is 5.73. The summed E-state index contributed by atoms with van der Waals surface area (Å²) in [7, 11) is 0. The van der Waals surface area contributed by atoms with Gasteiger partial charge in [-0.05, 0) is 44.2 Å². The molecule has 3 N–H and O–H groups in total. The zero-order valence-electron chi connectivity index (χ0n) is 12.8. The SMILES string of the molecule is Cc1ccc(C(O)CN2CCCC(CCC(N)=O)C2)cc1. The summed E-state index contributed by atoms with van der Waals surface area (Å²) in [5.41, 5.74) is 7.40. The van der Waals surface area contributed by atoms with E-state index in [0.29, 0.717) is 18.9 Å². The van der Waals surface area contributed by atoms with E-state index in [1.54, 1.807) is 0 Å². The normalized spacial score (nSPS) is 21.1. The summed E-state index contributed by atoms with van der Waals surface area (Å²) < 4.78 is 0. The van der Waals surface area contributed by atoms with Gasteiger partial charge in [-0.2, -0.15) is 0 Å². The number of nitrogens with two attached hydrogens (primary N) is 1. The van der Waals surface area contributed by atoms with Crippen LogP contribution in [0.25, 0.3) is 0 Å². The van der Waals surface area contributed by atoms with Gasteiger partial charge in [0.05, 0.1) is 6.10 Å². The maximum atomic E-state index is 10.9. The van der Waals surface area contributed by atoms with Crippen LogP contribution < -0.4 is 5.73 Å². The number of hydrogen-bond donors (Lipinski definition) is 2. The smallest absolute Gasteiger partial charge is 0.217 e. The first kappa shape index (κ1) is 16.0. The minimum atomic E-state index is -0.444. The maximum Gasteiger partial charge on any atom is 0.217 e. The van der Waals surface area contributed by atoms with Gasteiger partial charge < -0.3 is 15.7 Å². The molecule has 0 saturated carbocycles. The summed E-state index contributed by atoms with van der Waals surface area (Å²) in [5.74, 6) is 0.309. The van der Waals surface area contributed by atoms with Crippen LogP contribution in [-0.2, 0) is 4.79 Å². The van der Waals surface area contributed by atoms with E-state index in [-0.39, 0.29) is 5.91 Å². The molecule has 1 aromatic rings. The second-order valence-electron chi connectivity index (χ2n) is 6.20. The number of nitrogens with zero attached hydrogens (tertiary/aromatic N) is 1. The van der Waals surface area contributed by atoms with Crippen molar-refractivity contribution in [3.63, 3.8) is 0 Å². The van der Waals surface area contributed by atoms with E-state index in [9.17, 15) is 9.90 Å². The molecule has 0 bridgehead atoms. The Kier molecular flexibility index (Phi) is 5.76. The van der Waals surface area contributed by atoms with E-state index >= 15 is 0 Å². The van der Waals surface area contributed by atoms with E-state index in [1.807, 2.05) is 31.2 Å². The van der Waals surface area contributed by atoms with E-state index < -0.39 is 6.10 Å². The highest BCUT2D eigenvalue weighted by Gasteiger charge is 2.22. The number of aryl methyl sites for hydroxylation is 1. The third-order valence-electron chi connectivity index (χ3n) is 4.30. The molecule has 1 heterocycles. The zero-order chi connectivity index (χ0) is 15.2. The fourth-order valence-corrected chi connectivity index (χ4v) is 3.04.